The quantitative estimate of drug-likeness (QED) is 0.560. The highest BCUT2D eigenvalue weighted by molar-refractivity contribution is 6.11. The topological polar surface area (TPSA) is 38.0 Å². The van der Waals surface area contributed by atoms with Crippen molar-refractivity contribution >= 4 is 7.85 Å². The zero-order valence-corrected chi connectivity index (χ0v) is 8.65. The first-order chi connectivity index (χ1) is 6.72. The zero-order valence-electron chi connectivity index (χ0n) is 8.65. The Morgan fingerprint density at radius 3 is 2.43 bits per heavy atom. The predicted octanol–water partition coefficient (Wildman–Crippen LogP) is 1.03. The van der Waals surface area contributed by atoms with Gasteiger partial charge >= 0.3 is 0 Å². The SMILES string of the molecule is [B]C1CC2CC3CC(N)NC3CC2C1. The van der Waals surface area contributed by atoms with Gasteiger partial charge in [0.1, 0.15) is 0 Å². The van der Waals surface area contributed by atoms with Gasteiger partial charge in [-0.1, -0.05) is 18.7 Å². The van der Waals surface area contributed by atoms with Gasteiger partial charge in [-0.15, -0.1) is 0 Å². The summed E-state index contributed by atoms with van der Waals surface area (Å²) in [6, 6.07) is 0.705. The number of fused-ring (bicyclic) bond motifs is 2. The van der Waals surface area contributed by atoms with E-state index in [1.807, 2.05) is 0 Å². The standard InChI is InChI=1S/C11H19BN2/c12-9-2-6-1-8-5-11(13)14-10(8)4-7(6)3-9/h6-11,14H,1-5,13H2. The molecule has 1 aliphatic heterocycles. The van der Waals surface area contributed by atoms with E-state index in [-0.39, 0.29) is 6.17 Å². The highest BCUT2D eigenvalue weighted by Crippen LogP contribution is 2.50. The van der Waals surface area contributed by atoms with Crippen LogP contribution in [0.4, 0.5) is 0 Å². The first-order valence-corrected chi connectivity index (χ1v) is 5.99. The van der Waals surface area contributed by atoms with E-state index in [0.717, 1.165) is 17.8 Å². The molecule has 3 fully saturated rings. The van der Waals surface area contributed by atoms with Crippen LogP contribution < -0.4 is 11.1 Å². The molecule has 3 heteroatoms. The van der Waals surface area contributed by atoms with Crippen LogP contribution in [0.1, 0.15) is 32.1 Å². The lowest BCUT2D eigenvalue weighted by Gasteiger charge is -2.34. The molecule has 2 aliphatic carbocycles. The summed E-state index contributed by atoms with van der Waals surface area (Å²) >= 11 is 0. The summed E-state index contributed by atoms with van der Waals surface area (Å²) in [4.78, 5) is 0. The number of nitrogens with two attached hydrogens (primary N) is 1. The lowest BCUT2D eigenvalue weighted by Crippen LogP contribution is -2.40. The van der Waals surface area contributed by atoms with Gasteiger partial charge in [0.2, 0.25) is 0 Å². The highest BCUT2D eigenvalue weighted by atomic mass is 15.1. The molecule has 3 aliphatic rings. The maximum atomic E-state index is 6.03. The minimum atomic E-state index is 0.262. The van der Waals surface area contributed by atoms with Crippen molar-refractivity contribution in [2.75, 3.05) is 0 Å². The largest absolute Gasteiger partial charge is 0.316 e. The Morgan fingerprint density at radius 1 is 0.929 bits per heavy atom. The number of hydrogen-bond donors (Lipinski definition) is 2. The molecule has 1 saturated heterocycles. The van der Waals surface area contributed by atoms with Gasteiger partial charge in [0.05, 0.1) is 14.0 Å². The fraction of sp³-hybridized carbons (Fsp3) is 1.00. The van der Waals surface area contributed by atoms with Crippen LogP contribution in [0.25, 0.3) is 0 Å². The van der Waals surface area contributed by atoms with Gasteiger partial charge in [0, 0.05) is 6.04 Å². The third-order valence-corrected chi connectivity index (χ3v) is 4.59. The third kappa shape index (κ3) is 1.41. The molecule has 3 N–H and O–H groups in total. The number of rotatable bonds is 0. The number of nitrogens with one attached hydrogen (secondary N) is 1. The van der Waals surface area contributed by atoms with Crippen LogP contribution in [0.3, 0.4) is 0 Å². The molecular weight excluding hydrogens is 171 g/mol. The zero-order chi connectivity index (χ0) is 9.71. The van der Waals surface area contributed by atoms with Gasteiger partial charge in [-0.25, -0.2) is 0 Å². The van der Waals surface area contributed by atoms with Crippen molar-refractivity contribution in [3.8, 4) is 0 Å². The van der Waals surface area contributed by atoms with Crippen LogP contribution in [0.15, 0.2) is 0 Å². The van der Waals surface area contributed by atoms with E-state index >= 15 is 0 Å². The van der Waals surface area contributed by atoms with Crippen LogP contribution in [0.2, 0.25) is 5.82 Å². The van der Waals surface area contributed by atoms with Gasteiger partial charge in [-0.3, -0.25) is 5.32 Å². The molecule has 3 rings (SSSR count). The molecule has 0 spiro atoms. The lowest BCUT2D eigenvalue weighted by atomic mass is 9.73. The van der Waals surface area contributed by atoms with Gasteiger partial charge in [0.25, 0.3) is 0 Å². The lowest BCUT2D eigenvalue weighted by molar-refractivity contribution is 0.189. The number of hydrogen-bond acceptors (Lipinski definition) is 2. The minimum Gasteiger partial charge on any atom is -0.316 e. The first kappa shape index (κ1) is 9.23. The van der Waals surface area contributed by atoms with Gasteiger partial charge in [-0.05, 0) is 37.0 Å². The Balaban J connectivity index is 1.71. The average Bonchev–Trinajstić information content (AvgIpc) is 2.59. The van der Waals surface area contributed by atoms with E-state index < -0.39 is 0 Å². The van der Waals surface area contributed by atoms with Crippen molar-refractivity contribution in [3.05, 3.63) is 0 Å². The van der Waals surface area contributed by atoms with Crippen molar-refractivity contribution in [1.82, 2.24) is 5.32 Å². The molecule has 6 atom stereocenters. The fourth-order valence-corrected chi connectivity index (χ4v) is 4.04. The summed E-state index contributed by atoms with van der Waals surface area (Å²) in [5.74, 6) is 3.14. The molecule has 0 amide bonds. The maximum absolute atomic E-state index is 6.03. The third-order valence-electron chi connectivity index (χ3n) is 4.59. The summed E-state index contributed by atoms with van der Waals surface area (Å²) in [7, 11) is 6.03. The smallest absolute Gasteiger partial charge is 0.0699 e. The monoisotopic (exact) mass is 190 g/mol. The fourth-order valence-electron chi connectivity index (χ4n) is 4.04. The van der Waals surface area contributed by atoms with Crippen molar-refractivity contribution < 1.29 is 0 Å². The highest BCUT2D eigenvalue weighted by Gasteiger charge is 2.44. The van der Waals surface area contributed by atoms with Crippen molar-refractivity contribution in [3.63, 3.8) is 0 Å². The second-order valence-electron chi connectivity index (χ2n) is 5.60. The first-order valence-electron chi connectivity index (χ1n) is 5.99. The summed E-state index contributed by atoms with van der Waals surface area (Å²) in [5.41, 5.74) is 5.94. The summed E-state index contributed by atoms with van der Waals surface area (Å²) < 4.78 is 0. The van der Waals surface area contributed by atoms with Crippen molar-refractivity contribution in [1.29, 1.82) is 0 Å². The van der Waals surface area contributed by atoms with Crippen LogP contribution in [0, 0.1) is 17.8 Å². The van der Waals surface area contributed by atoms with E-state index in [2.05, 4.69) is 5.32 Å². The average molecular weight is 190 g/mol. The van der Waals surface area contributed by atoms with Crippen LogP contribution >= 0.6 is 0 Å². The van der Waals surface area contributed by atoms with Gasteiger partial charge < -0.3 is 5.73 Å². The predicted molar refractivity (Wildman–Crippen MR) is 58.0 cm³/mol. The molecule has 6 unspecified atom stereocenters. The molecule has 0 aromatic heterocycles. The minimum absolute atomic E-state index is 0.262. The van der Waals surface area contributed by atoms with Gasteiger partial charge in [0.15, 0.2) is 0 Å². The van der Waals surface area contributed by atoms with E-state index in [0.29, 0.717) is 11.9 Å². The molecule has 0 bridgehead atoms. The Bertz CT molecular complexity index is 189. The van der Waals surface area contributed by atoms with E-state index in [4.69, 9.17) is 13.6 Å². The second kappa shape index (κ2) is 3.24. The summed E-state index contributed by atoms with van der Waals surface area (Å²) in [6.45, 7) is 0. The van der Waals surface area contributed by atoms with E-state index in [9.17, 15) is 0 Å². The molecule has 14 heavy (non-hydrogen) atoms. The molecular formula is C11H19BN2. The van der Waals surface area contributed by atoms with Crippen LogP contribution in [0.5, 0.6) is 0 Å². The van der Waals surface area contributed by atoms with E-state index in [1.165, 1.54) is 32.1 Å². The van der Waals surface area contributed by atoms with Crippen LogP contribution in [-0.2, 0) is 0 Å². The molecule has 76 valence electrons. The summed E-state index contributed by atoms with van der Waals surface area (Å²) in [5, 5.41) is 3.52. The Morgan fingerprint density at radius 2 is 1.64 bits per heavy atom. The molecule has 2 saturated carbocycles. The molecule has 1 heterocycles. The molecule has 0 aromatic rings. The molecule has 0 aromatic carbocycles. The Hall–Kier alpha value is -0.0151. The second-order valence-corrected chi connectivity index (χ2v) is 5.60. The van der Waals surface area contributed by atoms with Crippen molar-refractivity contribution in [2.45, 2.75) is 50.1 Å². The normalized spacial score (nSPS) is 56.9. The van der Waals surface area contributed by atoms with Gasteiger partial charge in [-0.2, -0.15) is 0 Å². The molecule has 2 radical (unpaired) electrons. The van der Waals surface area contributed by atoms with Crippen molar-refractivity contribution in [2.24, 2.45) is 23.5 Å². The Kier molecular flexibility index (Phi) is 2.14. The Labute approximate surface area is 87.4 Å². The maximum Gasteiger partial charge on any atom is 0.0699 e. The van der Waals surface area contributed by atoms with Crippen LogP contribution in [-0.4, -0.2) is 20.1 Å². The van der Waals surface area contributed by atoms with E-state index in [1.54, 1.807) is 0 Å². The summed E-state index contributed by atoms with van der Waals surface area (Å²) in [6.07, 6.45) is 6.68. The molecule has 2 nitrogen and oxygen atoms in total.